The Labute approximate surface area is 109 Å². The molecule has 1 aliphatic rings. The molecule has 18 heavy (non-hydrogen) atoms. The molecule has 0 aromatic carbocycles. The van der Waals surface area contributed by atoms with Gasteiger partial charge in [-0.05, 0) is 44.8 Å². The molecule has 0 radical (unpaired) electrons. The van der Waals surface area contributed by atoms with E-state index in [-0.39, 0.29) is 5.56 Å². The number of H-pyrrole nitrogens is 1. The predicted octanol–water partition coefficient (Wildman–Crippen LogP) is 3.01. The van der Waals surface area contributed by atoms with Crippen molar-refractivity contribution in [3.05, 3.63) is 33.7 Å². The van der Waals surface area contributed by atoms with Crippen molar-refractivity contribution in [2.75, 3.05) is 13.1 Å². The summed E-state index contributed by atoms with van der Waals surface area (Å²) in [6, 6.07) is 4.18. The van der Waals surface area contributed by atoms with Crippen LogP contribution in [0.2, 0.25) is 0 Å². The normalized spacial score (nSPS) is 21.1. The van der Waals surface area contributed by atoms with Gasteiger partial charge in [-0.25, -0.2) is 0 Å². The summed E-state index contributed by atoms with van der Waals surface area (Å²) < 4.78 is 0. The molecule has 1 saturated heterocycles. The van der Waals surface area contributed by atoms with Gasteiger partial charge in [0.2, 0.25) is 5.56 Å². The Hall–Kier alpha value is -1.09. The fraction of sp³-hybridized carbons (Fsp3) is 0.667. The molecule has 2 rings (SSSR count). The number of pyridine rings is 1. The Balaban J connectivity index is 2.19. The molecular formula is C15H24N2O. The maximum absolute atomic E-state index is 11.3. The second-order valence-electron chi connectivity index (χ2n) is 5.30. The van der Waals surface area contributed by atoms with Crippen LogP contribution in [0.1, 0.15) is 56.3 Å². The van der Waals surface area contributed by atoms with Crippen molar-refractivity contribution in [1.29, 1.82) is 0 Å². The number of unbranched alkanes of at least 4 members (excludes halogenated alkanes) is 1. The molecule has 0 saturated carbocycles. The number of piperidine rings is 1. The van der Waals surface area contributed by atoms with Gasteiger partial charge in [0.25, 0.3) is 0 Å². The first-order valence-corrected chi connectivity index (χ1v) is 7.16. The summed E-state index contributed by atoms with van der Waals surface area (Å²) >= 11 is 0. The van der Waals surface area contributed by atoms with Crippen LogP contribution >= 0.6 is 0 Å². The number of aryl methyl sites for hydroxylation is 1. The van der Waals surface area contributed by atoms with Gasteiger partial charge in [0.15, 0.2) is 0 Å². The minimum Gasteiger partial charge on any atom is -0.326 e. The number of rotatable bonds is 4. The molecule has 100 valence electrons. The van der Waals surface area contributed by atoms with Gasteiger partial charge in [-0.3, -0.25) is 9.69 Å². The summed E-state index contributed by atoms with van der Waals surface area (Å²) in [5, 5.41) is 0. The minimum absolute atomic E-state index is 0.00664. The summed E-state index contributed by atoms with van der Waals surface area (Å²) in [6.07, 6.45) is 6.33. The lowest BCUT2D eigenvalue weighted by Crippen LogP contribution is -2.35. The van der Waals surface area contributed by atoms with Crippen LogP contribution in [-0.2, 0) is 0 Å². The van der Waals surface area contributed by atoms with Crippen LogP contribution in [0.5, 0.6) is 0 Å². The highest BCUT2D eigenvalue weighted by molar-refractivity contribution is 5.23. The standard InChI is InChI=1S/C15H24N2O/c1-3-4-10-17-11-6-5-7-14(17)13-8-9-15(18)16-12(13)2/h8-9,14H,3-7,10-11H2,1-2H3,(H,16,18)/t14-/m1/s1. The largest absolute Gasteiger partial charge is 0.326 e. The molecule has 3 nitrogen and oxygen atoms in total. The number of likely N-dealkylation sites (tertiary alicyclic amines) is 1. The number of hydrogen-bond acceptors (Lipinski definition) is 2. The number of nitrogens with zero attached hydrogens (tertiary/aromatic N) is 1. The molecule has 1 aliphatic heterocycles. The molecule has 0 unspecified atom stereocenters. The second kappa shape index (κ2) is 6.19. The van der Waals surface area contributed by atoms with E-state index in [1.807, 2.05) is 13.0 Å². The molecule has 0 amide bonds. The van der Waals surface area contributed by atoms with E-state index in [2.05, 4.69) is 16.8 Å². The van der Waals surface area contributed by atoms with Gasteiger partial charge in [0.1, 0.15) is 0 Å². The Bertz CT molecular complexity index is 438. The average Bonchev–Trinajstić information content (AvgIpc) is 2.37. The second-order valence-corrected chi connectivity index (χ2v) is 5.30. The molecule has 0 aliphatic carbocycles. The van der Waals surface area contributed by atoms with Crippen molar-refractivity contribution in [2.45, 2.75) is 52.0 Å². The van der Waals surface area contributed by atoms with E-state index in [0.717, 1.165) is 5.69 Å². The number of nitrogens with one attached hydrogen (secondary N) is 1. The average molecular weight is 248 g/mol. The molecule has 0 bridgehead atoms. The third-order valence-electron chi connectivity index (χ3n) is 3.93. The molecule has 0 spiro atoms. The molecule has 1 aromatic rings. The number of aromatic amines is 1. The molecule has 1 N–H and O–H groups in total. The highest BCUT2D eigenvalue weighted by Gasteiger charge is 2.24. The molecule has 3 heteroatoms. The zero-order chi connectivity index (χ0) is 13.0. The summed E-state index contributed by atoms with van der Waals surface area (Å²) in [7, 11) is 0. The van der Waals surface area contributed by atoms with Crippen LogP contribution in [0.15, 0.2) is 16.9 Å². The highest BCUT2D eigenvalue weighted by Crippen LogP contribution is 2.31. The van der Waals surface area contributed by atoms with Crippen LogP contribution in [-0.4, -0.2) is 23.0 Å². The van der Waals surface area contributed by atoms with Gasteiger partial charge in [-0.1, -0.05) is 25.8 Å². The molecular weight excluding hydrogens is 224 g/mol. The van der Waals surface area contributed by atoms with E-state index in [9.17, 15) is 4.79 Å². The third-order valence-corrected chi connectivity index (χ3v) is 3.93. The smallest absolute Gasteiger partial charge is 0.248 e. The lowest BCUT2D eigenvalue weighted by Gasteiger charge is -2.36. The maximum Gasteiger partial charge on any atom is 0.248 e. The fourth-order valence-corrected chi connectivity index (χ4v) is 2.92. The van der Waals surface area contributed by atoms with E-state index in [1.165, 1.54) is 50.8 Å². The first kappa shape index (κ1) is 13.3. The Morgan fingerprint density at radius 1 is 1.39 bits per heavy atom. The lowest BCUT2D eigenvalue weighted by molar-refractivity contribution is 0.146. The third kappa shape index (κ3) is 3.02. The van der Waals surface area contributed by atoms with Crippen molar-refractivity contribution < 1.29 is 0 Å². The molecule has 1 aromatic heterocycles. The Kier molecular flexibility index (Phi) is 4.59. The van der Waals surface area contributed by atoms with Crippen LogP contribution in [0.25, 0.3) is 0 Å². The van der Waals surface area contributed by atoms with Crippen molar-refractivity contribution in [2.24, 2.45) is 0 Å². The van der Waals surface area contributed by atoms with Crippen LogP contribution in [0, 0.1) is 6.92 Å². The van der Waals surface area contributed by atoms with Gasteiger partial charge in [0.05, 0.1) is 0 Å². The zero-order valence-corrected chi connectivity index (χ0v) is 11.5. The summed E-state index contributed by atoms with van der Waals surface area (Å²) in [4.78, 5) is 16.8. The van der Waals surface area contributed by atoms with E-state index >= 15 is 0 Å². The molecule has 1 fully saturated rings. The molecule has 1 atom stereocenters. The summed E-state index contributed by atoms with van der Waals surface area (Å²) in [6.45, 7) is 6.64. The number of hydrogen-bond donors (Lipinski definition) is 1. The first-order chi connectivity index (χ1) is 8.72. The van der Waals surface area contributed by atoms with Gasteiger partial charge >= 0.3 is 0 Å². The van der Waals surface area contributed by atoms with Crippen LogP contribution in [0.3, 0.4) is 0 Å². The minimum atomic E-state index is 0.00664. The number of aromatic nitrogens is 1. The van der Waals surface area contributed by atoms with Crippen LogP contribution in [0.4, 0.5) is 0 Å². The lowest BCUT2D eigenvalue weighted by atomic mass is 9.94. The Morgan fingerprint density at radius 2 is 2.22 bits per heavy atom. The molecule has 2 heterocycles. The monoisotopic (exact) mass is 248 g/mol. The van der Waals surface area contributed by atoms with Crippen molar-refractivity contribution >= 4 is 0 Å². The van der Waals surface area contributed by atoms with Gasteiger partial charge < -0.3 is 4.98 Å². The van der Waals surface area contributed by atoms with Crippen molar-refractivity contribution in [3.63, 3.8) is 0 Å². The quantitative estimate of drug-likeness (QED) is 0.889. The van der Waals surface area contributed by atoms with Gasteiger partial charge in [0, 0.05) is 17.8 Å². The fourth-order valence-electron chi connectivity index (χ4n) is 2.92. The zero-order valence-electron chi connectivity index (χ0n) is 11.5. The van der Waals surface area contributed by atoms with E-state index in [0.29, 0.717) is 6.04 Å². The highest BCUT2D eigenvalue weighted by atomic mass is 16.1. The summed E-state index contributed by atoms with van der Waals surface area (Å²) in [5.41, 5.74) is 2.36. The first-order valence-electron chi connectivity index (χ1n) is 7.16. The maximum atomic E-state index is 11.3. The van der Waals surface area contributed by atoms with Crippen molar-refractivity contribution in [1.82, 2.24) is 9.88 Å². The van der Waals surface area contributed by atoms with Crippen molar-refractivity contribution in [3.8, 4) is 0 Å². The van der Waals surface area contributed by atoms with Gasteiger partial charge in [-0.15, -0.1) is 0 Å². The van der Waals surface area contributed by atoms with E-state index in [1.54, 1.807) is 6.07 Å². The van der Waals surface area contributed by atoms with E-state index in [4.69, 9.17) is 0 Å². The van der Waals surface area contributed by atoms with E-state index < -0.39 is 0 Å². The van der Waals surface area contributed by atoms with Crippen LogP contribution < -0.4 is 5.56 Å². The topological polar surface area (TPSA) is 36.1 Å². The Morgan fingerprint density at radius 3 is 2.94 bits per heavy atom. The summed E-state index contributed by atoms with van der Waals surface area (Å²) in [5.74, 6) is 0. The SMILES string of the molecule is CCCCN1CCCC[C@@H]1c1ccc(=O)[nH]c1C. The van der Waals surface area contributed by atoms with Gasteiger partial charge in [-0.2, -0.15) is 0 Å². The predicted molar refractivity (Wildman–Crippen MR) is 74.9 cm³/mol.